The largest absolute Gasteiger partial charge is 0.481 e. The summed E-state index contributed by atoms with van der Waals surface area (Å²) in [6.45, 7) is 2.79. The Morgan fingerprint density at radius 2 is 1.73 bits per heavy atom. The Balaban J connectivity index is 0.00000141. The number of nitrogens with one attached hydrogen (secondary N) is 1. The number of hydrogen-bond donors (Lipinski definition) is 5. The molecule has 0 aromatic rings. The molecule has 2 atom stereocenters. The minimum absolute atomic E-state index is 0.225. The van der Waals surface area contributed by atoms with Gasteiger partial charge in [-0.1, -0.05) is 0 Å². The van der Waals surface area contributed by atoms with E-state index in [0.29, 0.717) is 19.4 Å². The summed E-state index contributed by atoms with van der Waals surface area (Å²) >= 11 is 0. The van der Waals surface area contributed by atoms with Crippen LogP contribution in [-0.4, -0.2) is 74.6 Å². The zero-order valence-electron chi connectivity index (χ0n) is 14.7. The first-order valence-electron chi connectivity index (χ1n) is 7.91. The predicted molar refractivity (Wildman–Crippen MR) is 88.2 cm³/mol. The van der Waals surface area contributed by atoms with Crippen LogP contribution in [0, 0.1) is 0 Å². The topological polar surface area (TPSA) is 187 Å². The molecule has 1 aliphatic rings. The van der Waals surface area contributed by atoms with Crippen LogP contribution in [0.5, 0.6) is 0 Å². The molecular weight excluding hydrogens is 350 g/mol. The minimum Gasteiger partial charge on any atom is -0.481 e. The van der Waals surface area contributed by atoms with Crippen LogP contribution in [0.25, 0.3) is 0 Å². The van der Waals surface area contributed by atoms with Gasteiger partial charge < -0.3 is 31.3 Å². The number of amides is 2. The van der Waals surface area contributed by atoms with Crippen molar-refractivity contribution in [3.63, 3.8) is 0 Å². The fourth-order valence-electron chi connectivity index (χ4n) is 2.55. The number of nitrogens with two attached hydrogens (primary N) is 1. The number of nitrogens with zero attached hydrogens (tertiary/aromatic N) is 1. The third-order valence-electron chi connectivity index (χ3n) is 3.86. The maximum Gasteiger partial charge on any atom is 0.326 e. The molecule has 0 bridgehead atoms. The quantitative estimate of drug-likeness (QED) is 0.366. The van der Waals surface area contributed by atoms with E-state index >= 15 is 0 Å². The fraction of sp³-hybridized carbons (Fsp3) is 0.667. The highest BCUT2D eigenvalue weighted by Gasteiger charge is 2.46. The molecule has 0 saturated carbocycles. The molecule has 0 aromatic carbocycles. The van der Waals surface area contributed by atoms with E-state index in [1.165, 1.54) is 4.90 Å². The average molecular weight is 375 g/mol. The van der Waals surface area contributed by atoms with Crippen LogP contribution in [0.4, 0.5) is 0 Å². The smallest absolute Gasteiger partial charge is 0.326 e. The molecule has 11 heteroatoms. The van der Waals surface area contributed by atoms with Crippen LogP contribution >= 0.6 is 0 Å². The lowest BCUT2D eigenvalue weighted by atomic mass is 9.96. The van der Waals surface area contributed by atoms with E-state index in [1.807, 2.05) is 0 Å². The van der Waals surface area contributed by atoms with Gasteiger partial charge in [-0.3, -0.25) is 19.2 Å². The molecular formula is C15H25N3O8. The SMILES string of the molecule is CC(=O)O.C[C@@]1(C(=O)N[C@@H](CCC(=O)O)C(=O)O)CCCN1C(=O)CN. The van der Waals surface area contributed by atoms with Gasteiger partial charge in [-0.25, -0.2) is 4.79 Å². The second-order valence-electron chi connectivity index (χ2n) is 5.94. The Morgan fingerprint density at radius 3 is 2.15 bits per heavy atom. The summed E-state index contributed by atoms with van der Waals surface area (Å²) in [7, 11) is 0. The minimum atomic E-state index is -1.31. The zero-order chi connectivity index (χ0) is 20.5. The molecule has 0 aliphatic carbocycles. The first-order chi connectivity index (χ1) is 12.0. The van der Waals surface area contributed by atoms with Crippen molar-refractivity contribution in [2.75, 3.05) is 13.1 Å². The van der Waals surface area contributed by atoms with Gasteiger partial charge in [0.05, 0.1) is 6.54 Å². The molecule has 0 spiro atoms. The van der Waals surface area contributed by atoms with Gasteiger partial charge in [0, 0.05) is 19.9 Å². The Labute approximate surface area is 150 Å². The summed E-state index contributed by atoms with van der Waals surface area (Å²) < 4.78 is 0. The molecule has 1 saturated heterocycles. The fourth-order valence-corrected chi connectivity index (χ4v) is 2.55. The third-order valence-corrected chi connectivity index (χ3v) is 3.86. The number of likely N-dealkylation sites (tertiary alicyclic amines) is 1. The van der Waals surface area contributed by atoms with E-state index in [9.17, 15) is 19.2 Å². The Kier molecular flexibility index (Phi) is 9.27. The van der Waals surface area contributed by atoms with Crippen molar-refractivity contribution < 1.29 is 39.3 Å². The van der Waals surface area contributed by atoms with Gasteiger partial charge in [0.15, 0.2) is 0 Å². The molecule has 1 fully saturated rings. The van der Waals surface area contributed by atoms with Crippen molar-refractivity contribution in [1.29, 1.82) is 0 Å². The molecule has 6 N–H and O–H groups in total. The predicted octanol–water partition coefficient (Wildman–Crippen LogP) is -1.15. The van der Waals surface area contributed by atoms with Crippen LogP contribution in [0.15, 0.2) is 0 Å². The molecule has 0 aromatic heterocycles. The molecule has 1 rings (SSSR count). The van der Waals surface area contributed by atoms with Crippen LogP contribution < -0.4 is 11.1 Å². The van der Waals surface area contributed by atoms with E-state index in [2.05, 4.69) is 5.32 Å². The van der Waals surface area contributed by atoms with Crippen molar-refractivity contribution in [3.8, 4) is 0 Å². The summed E-state index contributed by atoms with van der Waals surface area (Å²) in [6.07, 6.45) is 0.412. The molecule has 2 amide bonds. The van der Waals surface area contributed by atoms with Crippen molar-refractivity contribution in [2.45, 2.75) is 51.1 Å². The highest BCUT2D eigenvalue weighted by atomic mass is 16.4. The molecule has 26 heavy (non-hydrogen) atoms. The van der Waals surface area contributed by atoms with Gasteiger partial charge in [-0.15, -0.1) is 0 Å². The van der Waals surface area contributed by atoms with Gasteiger partial charge in [0.2, 0.25) is 11.8 Å². The van der Waals surface area contributed by atoms with Gasteiger partial charge in [0.25, 0.3) is 5.97 Å². The van der Waals surface area contributed by atoms with Gasteiger partial charge >= 0.3 is 11.9 Å². The third kappa shape index (κ3) is 7.05. The van der Waals surface area contributed by atoms with E-state index in [0.717, 1.165) is 6.92 Å². The summed E-state index contributed by atoms with van der Waals surface area (Å²) in [5.74, 6) is -4.28. The number of rotatable bonds is 7. The first kappa shape index (κ1) is 23.3. The number of aliphatic carboxylic acids is 3. The second-order valence-corrected chi connectivity index (χ2v) is 5.94. The number of carboxylic acids is 3. The normalized spacial score (nSPS) is 19.7. The molecule has 11 nitrogen and oxygen atoms in total. The summed E-state index contributed by atoms with van der Waals surface area (Å²) in [5, 5.41) is 27.4. The van der Waals surface area contributed by atoms with Crippen LogP contribution in [0.2, 0.25) is 0 Å². The van der Waals surface area contributed by atoms with Crippen LogP contribution in [-0.2, 0) is 24.0 Å². The maximum absolute atomic E-state index is 12.4. The number of carboxylic acid groups (broad SMARTS) is 3. The Hall–Kier alpha value is -2.69. The zero-order valence-corrected chi connectivity index (χ0v) is 14.7. The first-order valence-corrected chi connectivity index (χ1v) is 7.91. The van der Waals surface area contributed by atoms with Crippen molar-refractivity contribution >= 4 is 29.7 Å². The molecule has 1 heterocycles. The highest BCUT2D eigenvalue weighted by Crippen LogP contribution is 2.29. The van der Waals surface area contributed by atoms with E-state index in [1.54, 1.807) is 6.92 Å². The number of carbonyl (C=O) groups excluding carboxylic acids is 2. The van der Waals surface area contributed by atoms with E-state index in [-0.39, 0.29) is 25.3 Å². The van der Waals surface area contributed by atoms with E-state index < -0.39 is 35.4 Å². The lowest BCUT2D eigenvalue weighted by Crippen LogP contribution is -2.59. The van der Waals surface area contributed by atoms with Crippen molar-refractivity contribution in [1.82, 2.24) is 10.2 Å². The monoisotopic (exact) mass is 375 g/mol. The Morgan fingerprint density at radius 1 is 1.19 bits per heavy atom. The van der Waals surface area contributed by atoms with E-state index in [4.69, 9.17) is 25.8 Å². The number of carbonyl (C=O) groups is 5. The van der Waals surface area contributed by atoms with Gasteiger partial charge in [-0.2, -0.15) is 0 Å². The van der Waals surface area contributed by atoms with Crippen molar-refractivity contribution in [2.24, 2.45) is 5.73 Å². The number of hydrogen-bond acceptors (Lipinski definition) is 6. The molecule has 0 unspecified atom stereocenters. The van der Waals surface area contributed by atoms with Crippen LogP contribution in [0.3, 0.4) is 0 Å². The summed E-state index contributed by atoms with van der Waals surface area (Å²) in [5.41, 5.74) is 4.16. The standard InChI is InChI=1S/C13H21N3O6.C2H4O2/c1-13(5-2-6-16(13)9(17)7-14)12(22)15-8(11(20)21)3-4-10(18)19;1-2(3)4/h8H,2-7,14H2,1H3,(H,15,22)(H,18,19)(H,20,21);1H3,(H,3,4)/t8-,13-;/m0./s1. The lowest BCUT2D eigenvalue weighted by Gasteiger charge is -2.34. The van der Waals surface area contributed by atoms with Crippen LogP contribution in [0.1, 0.15) is 39.5 Å². The molecule has 148 valence electrons. The molecule has 1 aliphatic heterocycles. The van der Waals surface area contributed by atoms with Crippen molar-refractivity contribution in [3.05, 3.63) is 0 Å². The van der Waals surface area contributed by atoms with Gasteiger partial charge in [0.1, 0.15) is 11.6 Å². The molecule has 0 radical (unpaired) electrons. The summed E-state index contributed by atoms with van der Waals surface area (Å²) in [4.78, 5) is 56.2. The Bertz CT molecular complexity index is 561. The van der Waals surface area contributed by atoms with Gasteiger partial charge in [-0.05, 0) is 26.2 Å². The lowest BCUT2D eigenvalue weighted by molar-refractivity contribution is -0.147. The maximum atomic E-state index is 12.4. The highest BCUT2D eigenvalue weighted by molar-refractivity contribution is 5.94. The summed E-state index contributed by atoms with van der Waals surface area (Å²) in [6, 6.07) is -1.31. The average Bonchev–Trinajstić information content (AvgIpc) is 2.92. The second kappa shape index (κ2) is 10.3.